The number of fused-ring (bicyclic) bond motifs is 2. The van der Waals surface area contributed by atoms with E-state index in [1.165, 1.54) is 31.3 Å². The molecule has 2 heteroatoms. The normalized spacial score (nSPS) is 38.6. The van der Waals surface area contributed by atoms with E-state index in [4.69, 9.17) is 4.74 Å². The summed E-state index contributed by atoms with van der Waals surface area (Å²) in [6.07, 6.45) is 11.2. The standard InChI is InChI=1S/C18H28O2/c1-17(2)14-9-10-18(17,3)15(12-14)20-16(19)11-13-7-5-4-6-8-13/h7,14-15H,4-6,8-12H2,1-3H3. The fraction of sp³-hybridized carbons (Fsp3) is 0.833. The molecule has 0 N–H and O–H groups in total. The van der Waals surface area contributed by atoms with Crippen molar-refractivity contribution in [2.45, 2.75) is 78.2 Å². The molecular formula is C18H28O2. The summed E-state index contributed by atoms with van der Waals surface area (Å²) in [5.41, 5.74) is 1.81. The number of esters is 1. The van der Waals surface area contributed by atoms with Crippen LogP contribution in [0.3, 0.4) is 0 Å². The predicted octanol–water partition coefficient (Wildman–Crippen LogP) is 4.63. The Balaban J connectivity index is 1.62. The maximum atomic E-state index is 12.2. The first-order valence-corrected chi connectivity index (χ1v) is 8.31. The van der Waals surface area contributed by atoms with Gasteiger partial charge in [0.05, 0.1) is 6.42 Å². The maximum absolute atomic E-state index is 12.2. The molecule has 2 fully saturated rings. The first kappa shape index (κ1) is 14.2. The van der Waals surface area contributed by atoms with E-state index in [-0.39, 0.29) is 17.5 Å². The van der Waals surface area contributed by atoms with Crippen LogP contribution in [0.4, 0.5) is 0 Å². The minimum Gasteiger partial charge on any atom is -0.462 e. The molecule has 0 aromatic rings. The van der Waals surface area contributed by atoms with Crippen LogP contribution in [-0.4, -0.2) is 12.1 Å². The molecule has 3 rings (SSSR count). The highest BCUT2D eigenvalue weighted by molar-refractivity contribution is 5.72. The Bertz CT molecular complexity index is 435. The van der Waals surface area contributed by atoms with Gasteiger partial charge in [0.15, 0.2) is 0 Å². The quantitative estimate of drug-likeness (QED) is 0.554. The van der Waals surface area contributed by atoms with E-state index in [0.29, 0.717) is 11.8 Å². The van der Waals surface area contributed by atoms with Crippen LogP contribution >= 0.6 is 0 Å². The van der Waals surface area contributed by atoms with Gasteiger partial charge in [-0.05, 0) is 56.3 Å². The zero-order valence-corrected chi connectivity index (χ0v) is 13.2. The Morgan fingerprint density at radius 1 is 1.35 bits per heavy atom. The van der Waals surface area contributed by atoms with Gasteiger partial charge in [-0.15, -0.1) is 0 Å². The van der Waals surface area contributed by atoms with Gasteiger partial charge in [-0.3, -0.25) is 4.79 Å². The van der Waals surface area contributed by atoms with Crippen LogP contribution in [-0.2, 0) is 9.53 Å². The lowest BCUT2D eigenvalue weighted by molar-refractivity contribution is -0.156. The van der Waals surface area contributed by atoms with Crippen molar-refractivity contribution in [3.63, 3.8) is 0 Å². The Kier molecular flexibility index (Phi) is 3.46. The Morgan fingerprint density at radius 2 is 2.15 bits per heavy atom. The summed E-state index contributed by atoms with van der Waals surface area (Å²) in [6.45, 7) is 7.06. The predicted molar refractivity (Wildman–Crippen MR) is 80.3 cm³/mol. The summed E-state index contributed by atoms with van der Waals surface area (Å²) in [5, 5.41) is 0. The van der Waals surface area contributed by atoms with Crippen molar-refractivity contribution in [1.29, 1.82) is 0 Å². The molecule has 2 bridgehead atoms. The molecule has 2 saturated carbocycles. The second kappa shape index (κ2) is 4.89. The number of hydrogen-bond donors (Lipinski definition) is 0. The van der Waals surface area contributed by atoms with Crippen molar-refractivity contribution >= 4 is 5.97 Å². The fourth-order valence-corrected chi connectivity index (χ4v) is 4.76. The summed E-state index contributed by atoms with van der Waals surface area (Å²) >= 11 is 0. The van der Waals surface area contributed by atoms with Crippen molar-refractivity contribution in [1.82, 2.24) is 0 Å². The van der Waals surface area contributed by atoms with Crippen molar-refractivity contribution in [3.8, 4) is 0 Å². The second-order valence-electron chi connectivity index (χ2n) is 7.87. The SMILES string of the molecule is CC1(C)C2CCC1(C)C(OC(=O)CC1=CCCCC1)C2. The third-order valence-corrected chi connectivity index (χ3v) is 6.74. The van der Waals surface area contributed by atoms with Gasteiger partial charge in [0.2, 0.25) is 0 Å². The first-order valence-electron chi connectivity index (χ1n) is 8.31. The summed E-state index contributed by atoms with van der Waals surface area (Å²) in [4.78, 5) is 12.2. The largest absolute Gasteiger partial charge is 0.462 e. The Labute approximate surface area is 123 Å². The van der Waals surface area contributed by atoms with Crippen molar-refractivity contribution in [2.24, 2.45) is 16.7 Å². The van der Waals surface area contributed by atoms with E-state index in [9.17, 15) is 4.79 Å². The number of hydrogen-bond acceptors (Lipinski definition) is 2. The number of rotatable bonds is 3. The molecule has 3 aliphatic rings. The smallest absolute Gasteiger partial charge is 0.310 e. The van der Waals surface area contributed by atoms with E-state index in [0.717, 1.165) is 25.2 Å². The molecule has 20 heavy (non-hydrogen) atoms. The highest BCUT2D eigenvalue weighted by atomic mass is 16.5. The van der Waals surface area contributed by atoms with Crippen LogP contribution < -0.4 is 0 Å². The van der Waals surface area contributed by atoms with Crippen LogP contribution in [0.5, 0.6) is 0 Å². The average Bonchev–Trinajstić information content (AvgIpc) is 2.73. The zero-order chi connectivity index (χ0) is 14.4. The second-order valence-corrected chi connectivity index (χ2v) is 7.87. The number of allylic oxidation sites excluding steroid dienone is 1. The molecule has 3 unspecified atom stereocenters. The van der Waals surface area contributed by atoms with Gasteiger partial charge in [-0.25, -0.2) is 0 Å². The van der Waals surface area contributed by atoms with Gasteiger partial charge >= 0.3 is 5.97 Å². The minimum absolute atomic E-state index is 0.00715. The third kappa shape index (κ3) is 2.12. The van der Waals surface area contributed by atoms with Gasteiger partial charge in [-0.1, -0.05) is 32.4 Å². The molecule has 3 aliphatic carbocycles. The van der Waals surface area contributed by atoms with Crippen molar-refractivity contribution in [2.75, 3.05) is 0 Å². The van der Waals surface area contributed by atoms with Crippen LogP contribution in [0, 0.1) is 16.7 Å². The summed E-state index contributed by atoms with van der Waals surface area (Å²) in [6, 6.07) is 0. The molecule has 0 radical (unpaired) electrons. The zero-order valence-electron chi connectivity index (χ0n) is 13.2. The summed E-state index contributed by atoms with van der Waals surface area (Å²) in [5.74, 6) is 0.743. The first-order chi connectivity index (χ1) is 9.43. The van der Waals surface area contributed by atoms with E-state index in [1.807, 2.05) is 0 Å². The van der Waals surface area contributed by atoms with Gasteiger partial charge in [0.1, 0.15) is 6.10 Å². The lowest BCUT2D eigenvalue weighted by atomic mass is 9.70. The maximum Gasteiger partial charge on any atom is 0.310 e. The van der Waals surface area contributed by atoms with Gasteiger partial charge < -0.3 is 4.74 Å². The van der Waals surface area contributed by atoms with E-state index in [1.54, 1.807) is 0 Å². The van der Waals surface area contributed by atoms with E-state index >= 15 is 0 Å². The van der Waals surface area contributed by atoms with Crippen molar-refractivity contribution < 1.29 is 9.53 Å². The number of carbonyl (C=O) groups excluding carboxylic acids is 1. The topological polar surface area (TPSA) is 26.3 Å². The lowest BCUT2D eigenvalue weighted by Crippen LogP contribution is -2.38. The van der Waals surface area contributed by atoms with E-state index < -0.39 is 0 Å². The molecular weight excluding hydrogens is 248 g/mol. The third-order valence-electron chi connectivity index (χ3n) is 6.74. The fourth-order valence-electron chi connectivity index (χ4n) is 4.76. The van der Waals surface area contributed by atoms with Gasteiger partial charge in [0.25, 0.3) is 0 Å². The molecule has 0 aromatic heterocycles. The van der Waals surface area contributed by atoms with Gasteiger partial charge in [0, 0.05) is 5.41 Å². The van der Waals surface area contributed by atoms with Crippen LogP contribution in [0.2, 0.25) is 0 Å². The molecule has 3 atom stereocenters. The Morgan fingerprint density at radius 3 is 2.70 bits per heavy atom. The van der Waals surface area contributed by atoms with Crippen LogP contribution in [0.1, 0.15) is 72.1 Å². The average molecular weight is 276 g/mol. The van der Waals surface area contributed by atoms with Gasteiger partial charge in [-0.2, -0.15) is 0 Å². The highest BCUT2D eigenvalue weighted by Gasteiger charge is 2.62. The summed E-state index contributed by atoms with van der Waals surface area (Å²) < 4.78 is 5.91. The lowest BCUT2D eigenvalue weighted by Gasteiger charge is -2.38. The molecule has 0 saturated heterocycles. The summed E-state index contributed by atoms with van der Waals surface area (Å²) in [7, 11) is 0. The molecule has 0 spiro atoms. The number of ether oxygens (including phenoxy) is 1. The molecule has 0 aliphatic heterocycles. The number of carbonyl (C=O) groups is 1. The van der Waals surface area contributed by atoms with Crippen LogP contribution in [0.25, 0.3) is 0 Å². The highest BCUT2D eigenvalue weighted by Crippen LogP contribution is 2.66. The van der Waals surface area contributed by atoms with Crippen LogP contribution in [0.15, 0.2) is 11.6 Å². The molecule has 112 valence electrons. The molecule has 0 aromatic carbocycles. The minimum atomic E-state index is 0.00715. The monoisotopic (exact) mass is 276 g/mol. The molecule has 0 heterocycles. The molecule has 0 amide bonds. The Hall–Kier alpha value is -0.790. The van der Waals surface area contributed by atoms with E-state index in [2.05, 4.69) is 26.8 Å². The van der Waals surface area contributed by atoms with Crippen molar-refractivity contribution in [3.05, 3.63) is 11.6 Å². The molecule has 2 nitrogen and oxygen atoms in total.